The van der Waals surface area contributed by atoms with Crippen molar-refractivity contribution in [1.29, 1.82) is 0 Å². The molecule has 5 fully saturated rings. The Kier molecular flexibility index (Phi) is 6.23. The Morgan fingerprint density at radius 2 is 1.91 bits per heavy atom. The topological polar surface area (TPSA) is 91.8 Å². The molecule has 4 bridgehead atoms. The normalized spacial score (nSPS) is 32.8. The van der Waals surface area contributed by atoms with Crippen molar-refractivity contribution in [2.75, 3.05) is 23.7 Å². The predicted octanol–water partition coefficient (Wildman–Crippen LogP) is 4.41. The van der Waals surface area contributed by atoms with Gasteiger partial charge in [0.05, 0.1) is 12.1 Å². The first-order valence-electron chi connectivity index (χ1n) is 12.1. The monoisotopic (exact) mass is 459 g/mol. The van der Waals surface area contributed by atoms with Crippen molar-refractivity contribution in [2.24, 2.45) is 23.7 Å². The van der Waals surface area contributed by atoms with Gasteiger partial charge >= 0.3 is 6.16 Å². The number of nitrogens with one attached hydrogen (secondary N) is 1. The van der Waals surface area contributed by atoms with Crippen LogP contribution in [0.15, 0.2) is 17.2 Å². The lowest BCUT2D eigenvalue weighted by atomic mass is 9.54. The van der Waals surface area contributed by atoms with Gasteiger partial charge in [0.2, 0.25) is 0 Å². The molecule has 2 N–H and O–H groups in total. The molecule has 5 aliphatic rings. The van der Waals surface area contributed by atoms with Gasteiger partial charge in [-0.1, -0.05) is 6.92 Å². The second-order valence-electron chi connectivity index (χ2n) is 10.0. The molecule has 1 amide bonds. The maximum absolute atomic E-state index is 13.4. The molecule has 6 rings (SSSR count). The van der Waals surface area contributed by atoms with Crippen LogP contribution < -0.4 is 10.2 Å². The molecule has 7 nitrogen and oxygen atoms in total. The third-order valence-corrected chi connectivity index (χ3v) is 8.99. The number of carbonyl (C=O) groups excluding carboxylic acids is 1. The molecule has 0 spiro atoms. The van der Waals surface area contributed by atoms with E-state index in [1.165, 1.54) is 32.1 Å². The van der Waals surface area contributed by atoms with Gasteiger partial charge in [-0.3, -0.25) is 4.79 Å². The number of hydrogen-bond donors (Lipinski definition) is 2. The number of thioether (sulfide) groups is 1. The second-order valence-corrected chi connectivity index (χ2v) is 11.1. The highest BCUT2D eigenvalue weighted by molar-refractivity contribution is 7.99. The van der Waals surface area contributed by atoms with E-state index >= 15 is 0 Å². The Hall–Kier alpha value is -1.96. The minimum atomic E-state index is -1.24. The van der Waals surface area contributed by atoms with Crippen molar-refractivity contribution in [3.63, 3.8) is 0 Å². The molecular weight excluding hydrogens is 426 g/mol. The van der Waals surface area contributed by atoms with Crippen LogP contribution in [0.1, 0.15) is 62.2 Å². The Morgan fingerprint density at radius 1 is 1.19 bits per heavy atom. The van der Waals surface area contributed by atoms with Crippen molar-refractivity contribution < 1.29 is 19.4 Å². The van der Waals surface area contributed by atoms with Crippen LogP contribution in [0.4, 0.5) is 10.6 Å². The predicted molar refractivity (Wildman–Crippen MR) is 123 cm³/mol. The minimum Gasteiger partial charge on any atom is -0.450 e. The van der Waals surface area contributed by atoms with Gasteiger partial charge in [0.25, 0.3) is 5.91 Å². The largest absolute Gasteiger partial charge is 0.506 e. The summed E-state index contributed by atoms with van der Waals surface area (Å²) in [5, 5.41) is 13.1. The number of rotatable bonds is 7. The quantitative estimate of drug-likeness (QED) is 0.461. The van der Waals surface area contributed by atoms with E-state index in [2.05, 4.69) is 12.2 Å². The number of amides is 1. The summed E-state index contributed by atoms with van der Waals surface area (Å²) in [7, 11) is 0. The standard InChI is InChI=1S/C24H33N3O4S/c1-2-7-32-23-19(3-4-20(25-23)27-6-5-18(13-27)31-24(29)30)22(28)26-21-16-9-14-8-15(11-16)12-17(21)10-14/h3-4,14-18,21H,2,5-13H2,1H3,(H,26,28)(H,29,30)/t14?,15?,16?,17?,18-,21?/m1/s1. The first-order chi connectivity index (χ1) is 15.5. The highest BCUT2D eigenvalue weighted by Gasteiger charge is 2.48. The van der Waals surface area contributed by atoms with Crippen LogP contribution in [-0.4, -0.2) is 53.1 Å². The number of pyridine rings is 1. The fraction of sp³-hybridized carbons (Fsp3) is 0.708. The van der Waals surface area contributed by atoms with Crippen LogP contribution in [0.3, 0.4) is 0 Å². The van der Waals surface area contributed by atoms with Crippen LogP contribution in [-0.2, 0) is 4.74 Å². The molecule has 4 saturated carbocycles. The zero-order chi connectivity index (χ0) is 22.2. The van der Waals surface area contributed by atoms with E-state index in [1.807, 2.05) is 17.0 Å². The van der Waals surface area contributed by atoms with Crippen molar-refractivity contribution in [3.05, 3.63) is 17.7 Å². The van der Waals surface area contributed by atoms with Crippen LogP contribution in [0.2, 0.25) is 0 Å². The Bertz CT molecular complexity index is 851. The molecule has 8 heteroatoms. The number of nitrogens with zero attached hydrogens (tertiary/aromatic N) is 2. The van der Waals surface area contributed by atoms with Crippen LogP contribution >= 0.6 is 11.8 Å². The highest BCUT2D eigenvalue weighted by Crippen LogP contribution is 2.53. The van der Waals surface area contributed by atoms with Crippen molar-refractivity contribution in [2.45, 2.75) is 69.0 Å². The first kappa shape index (κ1) is 21.9. The third kappa shape index (κ3) is 4.43. The summed E-state index contributed by atoms with van der Waals surface area (Å²) in [6, 6.07) is 4.11. The summed E-state index contributed by atoms with van der Waals surface area (Å²) in [4.78, 5) is 31.1. The van der Waals surface area contributed by atoms with Gasteiger partial charge in [-0.2, -0.15) is 0 Å². The van der Waals surface area contributed by atoms with E-state index in [0.717, 1.165) is 34.9 Å². The van der Waals surface area contributed by atoms with Crippen molar-refractivity contribution in [1.82, 2.24) is 10.3 Å². The number of carbonyl (C=O) groups is 2. The van der Waals surface area contributed by atoms with Crippen molar-refractivity contribution >= 4 is 29.6 Å². The van der Waals surface area contributed by atoms with Gasteiger partial charge in [-0.15, -0.1) is 11.8 Å². The van der Waals surface area contributed by atoms with Gasteiger partial charge in [-0.25, -0.2) is 9.78 Å². The Balaban J connectivity index is 1.30. The molecule has 1 atom stereocenters. The summed E-state index contributed by atoms with van der Waals surface area (Å²) < 4.78 is 4.93. The molecular formula is C24H33N3O4S. The molecule has 32 heavy (non-hydrogen) atoms. The average Bonchev–Trinajstić information content (AvgIpc) is 3.21. The van der Waals surface area contributed by atoms with Gasteiger partial charge < -0.3 is 20.1 Å². The zero-order valence-corrected chi connectivity index (χ0v) is 19.5. The summed E-state index contributed by atoms with van der Waals surface area (Å²) >= 11 is 1.63. The zero-order valence-electron chi connectivity index (χ0n) is 18.7. The van der Waals surface area contributed by atoms with E-state index in [0.29, 0.717) is 43.0 Å². The van der Waals surface area contributed by atoms with Crippen molar-refractivity contribution in [3.8, 4) is 0 Å². The van der Waals surface area contributed by atoms with E-state index < -0.39 is 6.16 Å². The fourth-order valence-electron chi connectivity index (χ4n) is 6.65. The first-order valence-corrected chi connectivity index (χ1v) is 13.1. The summed E-state index contributed by atoms with van der Waals surface area (Å²) in [5.41, 5.74) is 0.665. The molecule has 4 aliphatic carbocycles. The molecule has 0 radical (unpaired) electrons. The van der Waals surface area contributed by atoms with E-state index in [9.17, 15) is 9.59 Å². The summed E-state index contributed by atoms with van der Waals surface area (Å²) in [6.45, 7) is 3.32. The summed E-state index contributed by atoms with van der Waals surface area (Å²) in [5.74, 6) is 4.75. The maximum atomic E-state index is 13.4. The minimum absolute atomic E-state index is 0.00800. The lowest BCUT2D eigenvalue weighted by Gasteiger charge is -2.54. The third-order valence-electron chi connectivity index (χ3n) is 7.79. The maximum Gasteiger partial charge on any atom is 0.506 e. The van der Waals surface area contributed by atoms with E-state index in [-0.39, 0.29) is 12.0 Å². The Morgan fingerprint density at radius 3 is 2.56 bits per heavy atom. The second kappa shape index (κ2) is 9.12. The molecule has 1 aliphatic heterocycles. The number of anilines is 1. The van der Waals surface area contributed by atoms with Crippen LogP contribution in [0.5, 0.6) is 0 Å². The molecule has 2 heterocycles. The lowest BCUT2D eigenvalue weighted by molar-refractivity contribution is -0.0120. The smallest absolute Gasteiger partial charge is 0.450 e. The number of ether oxygens (including phenoxy) is 1. The van der Waals surface area contributed by atoms with E-state index in [1.54, 1.807) is 11.8 Å². The highest BCUT2D eigenvalue weighted by atomic mass is 32.2. The SMILES string of the molecule is CCCSc1nc(N2CC[C@@H](OC(=O)O)C2)ccc1C(=O)NC1C2CC3CC(C2)CC1C3. The summed E-state index contributed by atoms with van der Waals surface area (Å²) in [6.07, 6.45) is 6.61. The molecule has 174 valence electrons. The molecule has 0 aromatic carbocycles. The number of carboxylic acid groups (broad SMARTS) is 1. The molecule has 1 aromatic heterocycles. The molecule has 1 saturated heterocycles. The Labute approximate surface area is 193 Å². The van der Waals surface area contributed by atoms with Crippen LogP contribution in [0.25, 0.3) is 0 Å². The fourth-order valence-corrected chi connectivity index (χ4v) is 7.53. The lowest BCUT2D eigenvalue weighted by Crippen LogP contribution is -2.55. The molecule has 0 unspecified atom stereocenters. The number of aromatic nitrogens is 1. The van der Waals surface area contributed by atoms with Gasteiger partial charge in [0.15, 0.2) is 0 Å². The van der Waals surface area contributed by atoms with Gasteiger partial charge in [0, 0.05) is 19.0 Å². The van der Waals surface area contributed by atoms with E-state index in [4.69, 9.17) is 14.8 Å². The van der Waals surface area contributed by atoms with Gasteiger partial charge in [0.1, 0.15) is 16.9 Å². The number of hydrogen-bond acceptors (Lipinski definition) is 6. The average molecular weight is 460 g/mol. The molecule has 1 aromatic rings. The van der Waals surface area contributed by atoms with Crippen LogP contribution in [0, 0.1) is 23.7 Å². The van der Waals surface area contributed by atoms with Gasteiger partial charge in [-0.05, 0) is 80.1 Å².